The maximum Gasteiger partial charge on any atom is 0.267 e. The molecular weight excluding hydrogens is 306 g/mol. The summed E-state index contributed by atoms with van der Waals surface area (Å²) in [6, 6.07) is 4.94. The van der Waals surface area contributed by atoms with Gasteiger partial charge in [0, 0.05) is 18.9 Å². The summed E-state index contributed by atoms with van der Waals surface area (Å²) in [5.74, 6) is -0.102. The lowest BCUT2D eigenvalue weighted by Crippen LogP contribution is -2.17. The number of thiazole rings is 1. The molecule has 2 aromatic rings. The molecular formula is C14H15N3O4S. The lowest BCUT2D eigenvalue weighted by atomic mass is 10.2. The van der Waals surface area contributed by atoms with Crippen LogP contribution in [0, 0.1) is 0 Å². The molecule has 7 nitrogen and oxygen atoms in total. The Bertz CT molecular complexity index is 658. The van der Waals surface area contributed by atoms with Gasteiger partial charge in [-0.25, -0.2) is 0 Å². The van der Waals surface area contributed by atoms with Crippen LogP contribution >= 0.6 is 11.3 Å². The largest absolute Gasteiger partial charge is 0.494 e. The summed E-state index contributed by atoms with van der Waals surface area (Å²) in [7, 11) is 2.92. The van der Waals surface area contributed by atoms with Crippen molar-refractivity contribution in [2.24, 2.45) is 0 Å². The second kappa shape index (κ2) is 7.53. The smallest absolute Gasteiger partial charge is 0.267 e. The van der Waals surface area contributed by atoms with Crippen LogP contribution in [0.25, 0.3) is 0 Å². The van der Waals surface area contributed by atoms with Gasteiger partial charge in [0.2, 0.25) is 5.91 Å². The van der Waals surface area contributed by atoms with Crippen LogP contribution in [0.4, 0.5) is 11.4 Å². The quantitative estimate of drug-likeness (QED) is 0.849. The summed E-state index contributed by atoms with van der Waals surface area (Å²) in [5, 5.41) is 5.40. The van der Waals surface area contributed by atoms with Gasteiger partial charge in [0.05, 0.1) is 24.5 Å². The molecule has 0 radical (unpaired) electrons. The number of rotatable bonds is 6. The molecule has 0 aliphatic carbocycles. The number of carbonyl (C=O) groups excluding carboxylic acids is 2. The summed E-state index contributed by atoms with van der Waals surface area (Å²) < 4.78 is 9.97. The number of anilines is 2. The highest BCUT2D eigenvalue weighted by atomic mass is 32.1. The lowest BCUT2D eigenvalue weighted by molar-refractivity contribution is -0.119. The first kappa shape index (κ1) is 15.9. The SMILES string of the molecule is COCC(=O)Nc1ccc(NC(=O)c2cncs2)cc1OC. The van der Waals surface area contributed by atoms with E-state index in [0.717, 1.165) is 0 Å². The third-order valence-corrected chi connectivity index (χ3v) is 3.44. The van der Waals surface area contributed by atoms with Crippen molar-refractivity contribution in [2.45, 2.75) is 0 Å². The number of nitrogens with one attached hydrogen (secondary N) is 2. The topological polar surface area (TPSA) is 89.6 Å². The van der Waals surface area contributed by atoms with Gasteiger partial charge in [0.25, 0.3) is 5.91 Å². The van der Waals surface area contributed by atoms with Gasteiger partial charge in [0.1, 0.15) is 17.2 Å². The maximum atomic E-state index is 12.0. The Morgan fingerprint density at radius 3 is 2.73 bits per heavy atom. The van der Waals surface area contributed by atoms with Gasteiger partial charge in [-0.1, -0.05) is 0 Å². The zero-order chi connectivity index (χ0) is 15.9. The van der Waals surface area contributed by atoms with Crippen LogP contribution in [0.2, 0.25) is 0 Å². The molecule has 1 aromatic carbocycles. The molecule has 1 heterocycles. The molecule has 0 unspecified atom stereocenters. The van der Waals surface area contributed by atoms with E-state index in [2.05, 4.69) is 15.6 Å². The fourth-order valence-corrected chi connectivity index (χ4v) is 2.23. The van der Waals surface area contributed by atoms with Gasteiger partial charge in [-0.2, -0.15) is 0 Å². The third kappa shape index (κ3) is 4.03. The second-order valence-corrected chi connectivity index (χ2v) is 5.10. The summed E-state index contributed by atoms with van der Waals surface area (Å²) in [5.41, 5.74) is 2.64. The van der Waals surface area contributed by atoms with E-state index in [-0.39, 0.29) is 18.4 Å². The summed E-state index contributed by atoms with van der Waals surface area (Å²) in [6.45, 7) is -0.0486. The summed E-state index contributed by atoms with van der Waals surface area (Å²) in [6.07, 6.45) is 1.50. The van der Waals surface area contributed by atoms with Gasteiger partial charge < -0.3 is 20.1 Å². The van der Waals surface area contributed by atoms with E-state index in [9.17, 15) is 9.59 Å². The molecule has 2 rings (SSSR count). The zero-order valence-corrected chi connectivity index (χ0v) is 12.9. The predicted molar refractivity (Wildman–Crippen MR) is 83.6 cm³/mol. The Morgan fingerprint density at radius 1 is 1.27 bits per heavy atom. The van der Waals surface area contributed by atoms with Crippen LogP contribution < -0.4 is 15.4 Å². The predicted octanol–water partition coefficient (Wildman–Crippen LogP) is 1.99. The van der Waals surface area contributed by atoms with Gasteiger partial charge in [-0.05, 0) is 12.1 Å². The fourth-order valence-electron chi connectivity index (χ4n) is 1.71. The van der Waals surface area contributed by atoms with Crippen molar-refractivity contribution in [3.63, 3.8) is 0 Å². The van der Waals surface area contributed by atoms with E-state index >= 15 is 0 Å². The number of nitrogens with zero attached hydrogens (tertiary/aromatic N) is 1. The number of ether oxygens (including phenoxy) is 2. The maximum absolute atomic E-state index is 12.0. The molecule has 0 bridgehead atoms. The van der Waals surface area contributed by atoms with E-state index < -0.39 is 0 Å². The molecule has 1 aromatic heterocycles. The fraction of sp³-hybridized carbons (Fsp3) is 0.214. The molecule has 0 aliphatic rings. The Hall–Kier alpha value is -2.45. The van der Waals surface area contributed by atoms with E-state index in [1.54, 1.807) is 23.7 Å². The van der Waals surface area contributed by atoms with Crippen LogP contribution in [0.1, 0.15) is 9.67 Å². The van der Waals surface area contributed by atoms with Crippen LogP contribution in [0.3, 0.4) is 0 Å². The zero-order valence-electron chi connectivity index (χ0n) is 12.1. The Kier molecular flexibility index (Phi) is 5.45. The average Bonchev–Trinajstić information content (AvgIpc) is 3.03. The third-order valence-electron chi connectivity index (χ3n) is 2.67. The molecule has 116 valence electrons. The number of methoxy groups -OCH3 is 2. The Balaban J connectivity index is 2.11. The lowest BCUT2D eigenvalue weighted by Gasteiger charge is -2.12. The summed E-state index contributed by atoms with van der Waals surface area (Å²) in [4.78, 5) is 27.9. The average molecular weight is 321 g/mol. The number of aromatic nitrogens is 1. The van der Waals surface area contributed by atoms with Crippen LogP contribution in [-0.4, -0.2) is 37.6 Å². The van der Waals surface area contributed by atoms with E-state index in [1.165, 1.54) is 31.8 Å². The van der Waals surface area contributed by atoms with Crippen molar-refractivity contribution in [1.29, 1.82) is 0 Å². The highest BCUT2D eigenvalue weighted by Crippen LogP contribution is 2.28. The van der Waals surface area contributed by atoms with Gasteiger partial charge in [-0.3, -0.25) is 14.6 Å². The first-order chi connectivity index (χ1) is 10.6. The van der Waals surface area contributed by atoms with Gasteiger partial charge in [0.15, 0.2) is 0 Å². The number of hydrogen-bond acceptors (Lipinski definition) is 6. The van der Waals surface area contributed by atoms with Gasteiger partial charge >= 0.3 is 0 Å². The molecule has 8 heteroatoms. The minimum Gasteiger partial charge on any atom is -0.494 e. The van der Waals surface area contributed by atoms with Crippen LogP contribution in [0.5, 0.6) is 5.75 Å². The van der Waals surface area contributed by atoms with E-state index in [1.807, 2.05) is 0 Å². The number of hydrogen-bond donors (Lipinski definition) is 2. The molecule has 0 spiro atoms. The van der Waals surface area contributed by atoms with Gasteiger partial charge in [-0.15, -0.1) is 11.3 Å². The Morgan fingerprint density at radius 2 is 2.09 bits per heavy atom. The van der Waals surface area contributed by atoms with Crippen molar-refractivity contribution in [3.8, 4) is 5.75 Å². The van der Waals surface area contributed by atoms with Crippen molar-refractivity contribution in [2.75, 3.05) is 31.5 Å². The number of amides is 2. The normalized spacial score (nSPS) is 10.1. The minimum absolute atomic E-state index is 0.0486. The highest BCUT2D eigenvalue weighted by Gasteiger charge is 2.11. The van der Waals surface area contributed by atoms with Crippen molar-refractivity contribution in [3.05, 3.63) is 34.8 Å². The minimum atomic E-state index is -0.290. The van der Waals surface area contributed by atoms with Crippen LogP contribution in [-0.2, 0) is 9.53 Å². The van der Waals surface area contributed by atoms with Crippen molar-refractivity contribution < 1.29 is 19.1 Å². The Labute approximate surface area is 131 Å². The molecule has 0 saturated carbocycles. The molecule has 0 atom stereocenters. The standard InChI is InChI=1S/C14H15N3O4S/c1-20-7-13(18)17-10-4-3-9(5-11(10)21-2)16-14(19)12-6-15-8-22-12/h3-6,8H,7H2,1-2H3,(H,16,19)(H,17,18). The number of benzene rings is 1. The molecule has 22 heavy (non-hydrogen) atoms. The summed E-state index contributed by atoms with van der Waals surface area (Å²) >= 11 is 1.25. The van der Waals surface area contributed by atoms with E-state index in [0.29, 0.717) is 22.0 Å². The molecule has 0 aliphatic heterocycles. The molecule has 0 saturated heterocycles. The monoisotopic (exact) mass is 321 g/mol. The molecule has 2 amide bonds. The van der Waals surface area contributed by atoms with Crippen LogP contribution in [0.15, 0.2) is 29.9 Å². The number of carbonyl (C=O) groups is 2. The van der Waals surface area contributed by atoms with Crippen molar-refractivity contribution in [1.82, 2.24) is 4.98 Å². The van der Waals surface area contributed by atoms with Crippen molar-refractivity contribution >= 4 is 34.5 Å². The highest BCUT2D eigenvalue weighted by molar-refractivity contribution is 7.11. The molecule has 0 fully saturated rings. The van der Waals surface area contributed by atoms with E-state index in [4.69, 9.17) is 9.47 Å². The molecule has 2 N–H and O–H groups in total. The second-order valence-electron chi connectivity index (χ2n) is 4.22. The first-order valence-corrected chi connectivity index (χ1v) is 7.18. The first-order valence-electron chi connectivity index (χ1n) is 6.30.